The zero-order valence-electron chi connectivity index (χ0n) is 51.8. The van der Waals surface area contributed by atoms with Gasteiger partial charge in [0, 0.05) is 12.8 Å². The number of carboxylic acid groups (broad SMARTS) is 1. The van der Waals surface area contributed by atoms with Gasteiger partial charge in [0.15, 0.2) is 0 Å². The largest absolute Gasteiger partial charge is 0.481 e. The Morgan fingerprint density at radius 1 is 0.379 bits per heavy atom. The predicted octanol–water partition coefficient (Wildman–Crippen LogP) is -10.6. The van der Waals surface area contributed by atoms with Crippen LogP contribution in [0.2, 0.25) is 0 Å². The van der Waals surface area contributed by atoms with Gasteiger partial charge in [-0.1, -0.05) is 41.0 Å². The zero-order valence-corrected chi connectivity index (χ0v) is 51.8. The Morgan fingerprint density at radius 2 is 0.684 bits per heavy atom. The zero-order chi connectivity index (χ0) is 72.2. The van der Waals surface area contributed by atoms with E-state index in [1.165, 1.54) is 13.3 Å². The van der Waals surface area contributed by atoms with Crippen molar-refractivity contribution in [2.45, 2.75) is 116 Å². The molecule has 0 bridgehead atoms. The minimum atomic E-state index is -1.80. The van der Waals surface area contributed by atoms with Crippen molar-refractivity contribution in [1.82, 2.24) is 90.4 Å². The molecule has 5 atom stereocenters. The van der Waals surface area contributed by atoms with Crippen LogP contribution in [0.15, 0.2) is 0 Å². The summed E-state index contributed by atoms with van der Waals surface area (Å²) in [5.41, 5.74) is 16.0. The van der Waals surface area contributed by atoms with Crippen molar-refractivity contribution >= 4 is 118 Å². The summed E-state index contributed by atoms with van der Waals surface area (Å²) in [7, 11) is 0. The van der Waals surface area contributed by atoms with Gasteiger partial charge in [-0.25, -0.2) is 0 Å². The van der Waals surface area contributed by atoms with Crippen molar-refractivity contribution in [3.8, 4) is 0 Å². The van der Waals surface area contributed by atoms with Crippen LogP contribution in [0.5, 0.6) is 0 Å². The average molecular weight is 1340 g/mol. The van der Waals surface area contributed by atoms with Gasteiger partial charge in [0.05, 0.1) is 6.42 Å². The number of carboxylic acids is 1. The number of rotatable bonds is 48. The number of carbonyl (C=O) groups excluding carboxylic acids is 19. The van der Waals surface area contributed by atoms with Crippen LogP contribution in [0.4, 0.5) is 0 Å². The lowest BCUT2D eigenvalue weighted by atomic mass is 10.0. The van der Waals surface area contributed by atoms with Gasteiger partial charge in [0.1, 0.15) is 109 Å². The molecule has 13 radical (unpaired) electrons. The molecular formula is C54H77N20O21. The molecule has 0 saturated carbocycles. The first-order chi connectivity index (χ1) is 44.6. The molecule has 519 valence electrons. The Bertz CT molecular complexity index is 2750. The topological polar surface area (TPSA) is 644 Å². The second kappa shape index (κ2) is 47.3. The number of hydrogen-bond donors (Lipinski definition) is 21. The summed E-state index contributed by atoms with van der Waals surface area (Å²) in [6.07, 6.45) is 1.08. The third kappa shape index (κ3) is 42.2. The normalized spacial score (nSPS) is 12.1. The fourth-order valence-electron chi connectivity index (χ4n) is 6.52. The Labute approximate surface area is 544 Å². The van der Waals surface area contributed by atoms with E-state index in [4.69, 9.17) is 17.2 Å². The molecule has 0 fully saturated rings. The Balaban J connectivity index is 4.75. The molecule has 0 aromatic heterocycles. The number of unbranched alkanes of at least 4 members (excludes halogenated alkanes) is 2. The summed E-state index contributed by atoms with van der Waals surface area (Å²) in [4.78, 5) is 245. The highest BCUT2D eigenvalue weighted by atomic mass is 16.4. The molecule has 0 unspecified atom stereocenters. The van der Waals surface area contributed by atoms with E-state index in [-0.39, 0.29) is 18.8 Å². The third-order valence-electron chi connectivity index (χ3n) is 11.1. The van der Waals surface area contributed by atoms with Crippen LogP contribution < -0.4 is 108 Å². The number of carbonyl (C=O) groups is 20. The van der Waals surface area contributed by atoms with Crippen LogP contribution in [0.25, 0.3) is 0 Å². The van der Waals surface area contributed by atoms with Gasteiger partial charge in [-0.15, -0.1) is 0 Å². The number of nitrogens with two attached hydrogens (primary N) is 3. The minimum absolute atomic E-state index is 0.0625. The van der Waals surface area contributed by atoms with Gasteiger partial charge in [0.2, 0.25) is 112 Å². The van der Waals surface area contributed by atoms with Gasteiger partial charge < -0.3 is 113 Å². The highest BCUT2D eigenvalue weighted by Crippen LogP contribution is 2.10. The van der Waals surface area contributed by atoms with E-state index in [0.29, 0.717) is 97.8 Å². The van der Waals surface area contributed by atoms with E-state index in [1.807, 2.05) is 58.5 Å². The fraction of sp³-hybridized carbons (Fsp3) is 0.389. The first kappa shape index (κ1) is 84.4. The third-order valence-corrected chi connectivity index (χ3v) is 11.1. The quantitative estimate of drug-likeness (QED) is 0.0252. The SMILES string of the molecule is CC[C@H](NC(=O)[CH]NC(=O)[CH]NC(=O)[CH]NC(=O)[CH]NC(=O)[CH]NC(=O)[CH]NC(=O)[CH]NC(=O)[CH]NC(=O)[CH]NC(=O)[CH]NC(=O)[CH]NC(=O)[CH]NC(=O)[CH]CCCCN)C(=O)N[C@@H](CC(C)C)C(=O)N[C@@H](CCC(N)=O)C(=O)N[C@@H](CC(=O)O)C(=O)N[C@H](C(N)=O)C(C)C. The second-order valence-electron chi connectivity index (χ2n) is 19.8. The van der Waals surface area contributed by atoms with E-state index in [0.717, 1.165) is 6.54 Å². The van der Waals surface area contributed by atoms with Crippen molar-refractivity contribution in [3.05, 3.63) is 85.0 Å². The van der Waals surface area contributed by atoms with E-state index in [1.54, 1.807) is 27.7 Å². The van der Waals surface area contributed by atoms with Crippen LogP contribution in [-0.4, -0.2) is 160 Å². The number of amides is 19. The molecule has 0 aliphatic heterocycles. The summed E-state index contributed by atoms with van der Waals surface area (Å²) < 4.78 is 0. The standard InChI is InChI=1S/C54H77N20O21/c1-6-30(51(92)72-32(14-28(2)3)53(94)71-31(11-12-34(56)75)52(93)73-33(15-48(89)90)54(95)74-49(29(4)5)50(57)91)70-47(88)27-69-46(87)26-68-45(86)25-67-44(85)24-66-43(84)23-65-42(83)22-64-41(82)21-63-40(81)20-62-39(80)19-61-38(79)18-60-37(78)17-59-36(77)16-58-35(76)10-8-7-9-13-55/h10,16-33,49H,6-9,11-15,55H2,1-5H3,(H2,56,75)(H2,57,91)(H,58,76)(H,59,77)(H,60,78)(H,61,79)(H,62,80)(H,63,81)(H,64,82)(H,65,83)(H,66,84)(H,67,85)(H,68,86)(H,69,87)(H,70,88)(H,71,94)(H,72,92)(H,73,93)(H,74,95)(H,89,90)/t30-,31-,32-,33-,49-/m0/s1. The lowest BCUT2D eigenvalue weighted by Crippen LogP contribution is -2.59. The predicted molar refractivity (Wildman–Crippen MR) is 321 cm³/mol. The molecule has 0 saturated heterocycles. The first-order valence-corrected chi connectivity index (χ1v) is 28.2. The summed E-state index contributed by atoms with van der Waals surface area (Å²) in [6.45, 7) is 15.1. The van der Waals surface area contributed by atoms with Crippen molar-refractivity contribution < 1.29 is 101 Å². The van der Waals surface area contributed by atoms with Gasteiger partial charge in [0.25, 0.3) is 0 Å². The Kier molecular flexibility index (Phi) is 42.0. The summed E-state index contributed by atoms with van der Waals surface area (Å²) in [5.74, 6) is -21.7. The van der Waals surface area contributed by atoms with E-state index >= 15 is 0 Å². The highest BCUT2D eigenvalue weighted by molar-refractivity contribution is 6.04. The summed E-state index contributed by atoms with van der Waals surface area (Å²) >= 11 is 0. The van der Waals surface area contributed by atoms with Crippen molar-refractivity contribution in [1.29, 1.82) is 0 Å². The van der Waals surface area contributed by atoms with Crippen molar-refractivity contribution in [3.63, 3.8) is 0 Å². The number of hydrogen-bond acceptors (Lipinski definition) is 21. The highest BCUT2D eigenvalue weighted by Gasteiger charge is 2.34. The molecule has 95 heavy (non-hydrogen) atoms. The molecule has 0 heterocycles. The minimum Gasteiger partial charge on any atom is -0.481 e. The van der Waals surface area contributed by atoms with E-state index < -0.39 is 174 Å². The molecule has 19 amide bonds. The molecule has 24 N–H and O–H groups in total. The lowest BCUT2D eigenvalue weighted by Gasteiger charge is -2.27. The van der Waals surface area contributed by atoms with Crippen LogP contribution in [-0.2, 0) is 95.9 Å². The Morgan fingerprint density at radius 3 is 0.989 bits per heavy atom. The number of nitrogens with one attached hydrogen (secondary N) is 17. The molecule has 41 nitrogen and oxygen atoms in total. The van der Waals surface area contributed by atoms with Gasteiger partial charge in [-0.2, -0.15) is 0 Å². The Hall–Kier alpha value is -10.6. The van der Waals surface area contributed by atoms with Gasteiger partial charge in [-0.3, -0.25) is 95.9 Å². The molecule has 0 aliphatic carbocycles. The molecule has 0 aromatic carbocycles. The maximum absolute atomic E-state index is 13.7. The van der Waals surface area contributed by atoms with Crippen LogP contribution >= 0.6 is 0 Å². The average Bonchev–Trinajstić information content (AvgIpc) is 0.922. The molecule has 0 aromatic rings. The smallest absolute Gasteiger partial charge is 0.305 e. The van der Waals surface area contributed by atoms with E-state index in [9.17, 15) is 101 Å². The number of aliphatic carboxylic acids is 1. The summed E-state index contributed by atoms with van der Waals surface area (Å²) in [6, 6.07) is -7.47. The van der Waals surface area contributed by atoms with Gasteiger partial charge in [-0.05, 0) is 50.5 Å². The molecule has 0 spiro atoms. The van der Waals surface area contributed by atoms with Crippen LogP contribution in [0, 0.1) is 96.8 Å². The molecule has 0 rings (SSSR count). The molecule has 41 heteroatoms. The second-order valence-corrected chi connectivity index (χ2v) is 19.8. The van der Waals surface area contributed by atoms with Crippen LogP contribution in [0.1, 0.15) is 86.0 Å². The molecule has 0 aliphatic rings. The summed E-state index contributed by atoms with van der Waals surface area (Å²) in [5, 5.41) is 44.6. The van der Waals surface area contributed by atoms with E-state index in [2.05, 4.69) is 31.9 Å². The van der Waals surface area contributed by atoms with Crippen LogP contribution in [0.3, 0.4) is 0 Å². The monoisotopic (exact) mass is 1340 g/mol. The lowest BCUT2D eigenvalue weighted by molar-refractivity contribution is -0.141. The fourth-order valence-corrected chi connectivity index (χ4v) is 6.52. The van der Waals surface area contributed by atoms with Crippen molar-refractivity contribution in [2.24, 2.45) is 29.0 Å². The van der Waals surface area contributed by atoms with Gasteiger partial charge >= 0.3 is 5.97 Å². The van der Waals surface area contributed by atoms with Crippen molar-refractivity contribution in [2.75, 3.05) is 6.54 Å². The maximum Gasteiger partial charge on any atom is 0.305 e. The molecular weight excluding hydrogens is 1260 g/mol. The number of primary amides is 2. The maximum atomic E-state index is 13.7. The first-order valence-electron chi connectivity index (χ1n) is 28.2.